The number of rotatable bonds is 0. The minimum absolute atomic E-state index is 0.723. The van der Waals surface area contributed by atoms with Crippen molar-refractivity contribution in [2.45, 2.75) is 6.42 Å². The Bertz CT molecular complexity index is 412. The first-order chi connectivity index (χ1) is 6.86. The fourth-order valence-corrected chi connectivity index (χ4v) is 1.75. The molecule has 2 aliphatic heterocycles. The third-order valence-corrected chi connectivity index (χ3v) is 2.73. The van der Waals surface area contributed by atoms with Gasteiger partial charge >= 0.3 is 0 Å². The molecule has 0 saturated carbocycles. The number of fused-ring (bicyclic) bond motifs is 1. The first-order valence-electron chi connectivity index (χ1n) is 4.49. The van der Waals surface area contributed by atoms with Gasteiger partial charge in [0.25, 0.3) is 0 Å². The summed E-state index contributed by atoms with van der Waals surface area (Å²) in [4.78, 5) is 3.97. The highest BCUT2D eigenvalue weighted by molar-refractivity contribution is 7.91. The zero-order chi connectivity index (χ0) is 9.80. The smallest absolute Gasteiger partial charge is 0.167 e. The van der Waals surface area contributed by atoms with E-state index in [-0.39, 0.29) is 0 Å². The zero-order valence-corrected chi connectivity index (χ0v) is 8.46. The van der Waals surface area contributed by atoms with Gasteiger partial charge in [-0.2, -0.15) is 4.40 Å². The Hall–Kier alpha value is -1.07. The summed E-state index contributed by atoms with van der Waals surface area (Å²) in [5.41, 5.74) is 0. The van der Waals surface area contributed by atoms with Crippen LogP contribution in [0.2, 0.25) is 0 Å². The van der Waals surface area contributed by atoms with E-state index in [2.05, 4.69) is 14.7 Å². The molecule has 3 heterocycles. The van der Waals surface area contributed by atoms with Crippen LogP contribution < -0.4 is 16.0 Å². The first-order valence-corrected chi connectivity index (χ1v) is 5.66. The van der Waals surface area contributed by atoms with E-state index in [1.807, 2.05) is 0 Å². The Morgan fingerprint density at radius 2 is 2.14 bits per heavy atom. The van der Waals surface area contributed by atoms with Gasteiger partial charge < -0.3 is 5.32 Å². The molecule has 1 fully saturated rings. The van der Waals surface area contributed by atoms with Gasteiger partial charge in [-0.05, 0) is 31.6 Å². The first kappa shape index (κ1) is 9.48. The van der Waals surface area contributed by atoms with Gasteiger partial charge in [-0.25, -0.2) is 4.21 Å². The lowest BCUT2D eigenvalue weighted by molar-refractivity contribution is 0.527. The van der Waals surface area contributed by atoms with Crippen LogP contribution in [0.25, 0.3) is 5.41 Å². The summed E-state index contributed by atoms with van der Waals surface area (Å²) in [6.07, 6.45) is 3.05. The van der Waals surface area contributed by atoms with Crippen LogP contribution in [0.4, 0.5) is 0 Å². The number of nitrogens with one attached hydrogen (secondary N) is 1. The Morgan fingerprint density at radius 3 is 2.71 bits per heavy atom. The zero-order valence-electron chi connectivity index (χ0n) is 7.64. The molecule has 0 aromatic carbocycles. The van der Waals surface area contributed by atoms with Crippen LogP contribution >= 0.6 is 0 Å². The molecular formula is C9H11N3OS. The summed E-state index contributed by atoms with van der Waals surface area (Å²) in [5, 5.41) is 6.09. The quantitative estimate of drug-likeness (QED) is 0.602. The van der Waals surface area contributed by atoms with E-state index in [1.54, 1.807) is 18.3 Å². The van der Waals surface area contributed by atoms with Gasteiger partial charge in [0, 0.05) is 6.20 Å². The van der Waals surface area contributed by atoms with Gasteiger partial charge in [-0.1, -0.05) is 0 Å². The van der Waals surface area contributed by atoms with Gasteiger partial charge in [0.2, 0.25) is 0 Å². The fourth-order valence-electron chi connectivity index (χ4n) is 0.973. The molecule has 74 valence electrons. The highest BCUT2D eigenvalue weighted by atomic mass is 32.2. The maximum Gasteiger partial charge on any atom is 0.167 e. The molecule has 0 amide bonds. The Kier molecular flexibility index (Phi) is 3.00. The predicted molar refractivity (Wildman–Crippen MR) is 55.1 cm³/mol. The van der Waals surface area contributed by atoms with Crippen molar-refractivity contribution in [3.8, 4) is 0 Å². The van der Waals surface area contributed by atoms with E-state index in [1.165, 1.54) is 24.9 Å². The normalized spacial score (nSPS) is 21.9. The van der Waals surface area contributed by atoms with Crippen LogP contribution in [-0.4, -0.2) is 22.3 Å². The second-order valence-corrected chi connectivity index (χ2v) is 3.97. The molecule has 2 aliphatic rings. The summed E-state index contributed by atoms with van der Waals surface area (Å²) >= 11 is 0. The third kappa shape index (κ3) is 2.24. The van der Waals surface area contributed by atoms with Gasteiger partial charge in [0.05, 0.1) is 5.41 Å². The van der Waals surface area contributed by atoms with Crippen molar-refractivity contribution in [3.05, 3.63) is 29.0 Å². The lowest BCUT2D eigenvalue weighted by Crippen LogP contribution is -2.29. The largest absolute Gasteiger partial charge is 0.317 e. The molecule has 0 aliphatic carbocycles. The highest BCUT2D eigenvalue weighted by Gasteiger charge is 1.99. The van der Waals surface area contributed by atoms with Crippen molar-refractivity contribution in [3.63, 3.8) is 0 Å². The predicted octanol–water partition coefficient (Wildman–Crippen LogP) is -0.904. The maximum absolute atomic E-state index is 10.7. The lowest BCUT2D eigenvalue weighted by atomic mass is 10.3. The SMILES string of the molecule is C1CNC1.O=S1C=c2ncccc2=N1. The Morgan fingerprint density at radius 1 is 1.43 bits per heavy atom. The molecule has 1 aromatic heterocycles. The number of pyridine rings is 1. The molecule has 1 saturated heterocycles. The van der Waals surface area contributed by atoms with E-state index in [0.29, 0.717) is 0 Å². The van der Waals surface area contributed by atoms with Crippen molar-refractivity contribution in [1.29, 1.82) is 0 Å². The van der Waals surface area contributed by atoms with Gasteiger partial charge in [-0.15, -0.1) is 0 Å². The summed E-state index contributed by atoms with van der Waals surface area (Å²) in [5.74, 6) is 0. The van der Waals surface area contributed by atoms with Crippen LogP contribution in [0.15, 0.2) is 22.7 Å². The molecule has 1 N–H and O–H groups in total. The van der Waals surface area contributed by atoms with Crippen molar-refractivity contribution >= 4 is 16.4 Å². The van der Waals surface area contributed by atoms with E-state index in [4.69, 9.17) is 0 Å². The number of hydrogen-bond acceptors (Lipinski definition) is 3. The summed E-state index contributed by atoms with van der Waals surface area (Å²) < 4.78 is 14.6. The standard InChI is InChI=1S/C6H4N2OS.C3H7N/c9-10-4-6-5(8-10)2-1-3-7-6;1-2-4-3-1/h1-4H;4H,1-3H2. The van der Waals surface area contributed by atoms with Crippen molar-refractivity contribution in [1.82, 2.24) is 10.3 Å². The molecule has 3 rings (SSSR count). The van der Waals surface area contributed by atoms with Crippen LogP contribution in [0, 0.1) is 0 Å². The summed E-state index contributed by atoms with van der Waals surface area (Å²) in [6, 6.07) is 3.57. The average molecular weight is 209 g/mol. The maximum atomic E-state index is 10.7. The van der Waals surface area contributed by atoms with E-state index in [0.717, 1.165) is 10.7 Å². The second kappa shape index (κ2) is 4.43. The van der Waals surface area contributed by atoms with Crippen LogP contribution in [0.1, 0.15) is 6.42 Å². The molecule has 0 spiro atoms. The van der Waals surface area contributed by atoms with E-state index < -0.39 is 11.0 Å². The Balaban J connectivity index is 0.000000157. The van der Waals surface area contributed by atoms with Crippen LogP contribution in [0.3, 0.4) is 0 Å². The molecule has 1 atom stereocenters. The van der Waals surface area contributed by atoms with Crippen LogP contribution in [0.5, 0.6) is 0 Å². The van der Waals surface area contributed by atoms with Gasteiger partial charge in [-0.3, -0.25) is 4.98 Å². The third-order valence-electron chi connectivity index (χ3n) is 1.92. The molecule has 1 aromatic rings. The number of hydrogen-bond donors (Lipinski definition) is 1. The minimum atomic E-state index is -1.18. The minimum Gasteiger partial charge on any atom is -0.317 e. The summed E-state index contributed by atoms with van der Waals surface area (Å²) in [6.45, 7) is 2.50. The van der Waals surface area contributed by atoms with Crippen molar-refractivity contribution < 1.29 is 4.21 Å². The van der Waals surface area contributed by atoms with E-state index >= 15 is 0 Å². The number of aromatic nitrogens is 1. The molecule has 0 bridgehead atoms. The molecular weight excluding hydrogens is 198 g/mol. The molecule has 4 nitrogen and oxygen atoms in total. The molecule has 1 unspecified atom stereocenters. The van der Waals surface area contributed by atoms with Gasteiger partial charge in [0.15, 0.2) is 11.0 Å². The molecule has 5 heteroatoms. The molecule has 0 radical (unpaired) electrons. The topological polar surface area (TPSA) is 54.4 Å². The van der Waals surface area contributed by atoms with Crippen molar-refractivity contribution in [2.75, 3.05) is 13.1 Å². The molecule has 14 heavy (non-hydrogen) atoms. The van der Waals surface area contributed by atoms with E-state index in [9.17, 15) is 4.21 Å². The number of nitrogens with zero attached hydrogens (tertiary/aromatic N) is 2. The van der Waals surface area contributed by atoms with Gasteiger partial charge in [0.1, 0.15) is 10.7 Å². The summed E-state index contributed by atoms with van der Waals surface area (Å²) in [7, 11) is -1.18. The lowest BCUT2D eigenvalue weighted by Gasteiger charge is -2.09. The second-order valence-electron chi connectivity index (χ2n) is 3.00. The van der Waals surface area contributed by atoms with Crippen LogP contribution in [-0.2, 0) is 11.0 Å². The average Bonchev–Trinajstić information content (AvgIpc) is 2.40. The van der Waals surface area contributed by atoms with Crippen molar-refractivity contribution in [2.24, 2.45) is 4.40 Å². The monoisotopic (exact) mass is 209 g/mol. The Labute approximate surface area is 84.4 Å². The fraction of sp³-hybridized carbons (Fsp3) is 0.333. The highest BCUT2D eigenvalue weighted by Crippen LogP contribution is 1.86.